The number of nitrogens with one attached hydrogen (secondary N) is 1. The van der Waals surface area contributed by atoms with Gasteiger partial charge in [-0.3, -0.25) is 4.68 Å². The SMILES string of the molecule is COCCn1cc(Nc2nccc(-c3nc(-c4ccccc4)cs3)n2)cn1. The number of benzene rings is 1. The summed E-state index contributed by atoms with van der Waals surface area (Å²) in [5.74, 6) is 0.509. The molecule has 1 N–H and O–H groups in total. The highest BCUT2D eigenvalue weighted by Gasteiger charge is 2.09. The Morgan fingerprint density at radius 1 is 1.11 bits per heavy atom. The van der Waals surface area contributed by atoms with Crippen LogP contribution in [0.1, 0.15) is 0 Å². The fourth-order valence-corrected chi connectivity index (χ4v) is 3.33. The molecule has 4 aromatic rings. The van der Waals surface area contributed by atoms with E-state index in [4.69, 9.17) is 9.72 Å². The minimum atomic E-state index is 0.509. The maximum absolute atomic E-state index is 5.06. The van der Waals surface area contributed by atoms with Crippen LogP contribution in [0.2, 0.25) is 0 Å². The summed E-state index contributed by atoms with van der Waals surface area (Å²) < 4.78 is 6.87. The van der Waals surface area contributed by atoms with E-state index in [1.165, 1.54) is 0 Å². The summed E-state index contributed by atoms with van der Waals surface area (Å²) in [4.78, 5) is 13.6. The van der Waals surface area contributed by atoms with E-state index in [0.717, 1.165) is 27.6 Å². The quantitative estimate of drug-likeness (QED) is 0.526. The van der Waals surface area contributed by atoms with Crippen LogP contribution in [0.25, 0.3) is 22.0 Å². The average molecular weight is 378 g/mol. The Bertz CT molecular complexity index is 1010. The van der Waals surface area contributed by atoms with E-state index in [1.807, 2.05) is 52.7 Å². The highest BCUT2D eigenvalue weighted by Crippen LogP contribution is 2.28. The molecule has 0 aliphatic rings. The van der Waals surface area contributed by atoms with E-state index in [1.54, 1.807) is 30.8 Å². The molecular formula is C19H18N6OS. The molecular weight excluding hydrogens is 360 g/mol. The minimum absolute atomic E-state index is 0.509. The van der Waals surface area contributed by atoms with Gasteiger partial charge < -0.3 is 10.1 Å². The first kappa shape index (κ1) is 17.3. The van der Waals surface area contributed by atoms with E-state index in [2.05, 4.69) is 20.4 Å². The van der Waals surface area contributed by atoms with Crippen molar-refractivity contribution in [2.75, 3.05) is 19.0 Å². The van der Waals surface area contributed by atoms with Gasteiger partial charge >= 0.3 is 0 Å². The van der Waals surface area contributed by atoms with Crippen molar-refractivity contribution in [3.05, 3.63) is 60.4 Å². The molecule has 3 aromatic heterocycles. The van der Waals surface area contributed by atoms with Gasteiger partial charge in [-0.25, -0.2) is 15.0 Å². The van der Waals surface area contributed by atoms with Crippen LogP contribution in [0.15, 0.2) is 60.4 Å². The third-order valence-electron chi connectivity index (χ3n) is 3.86. The number of nitrogens with zero attached hydrogens (tertiary/aromatic N) is 5. The number of anilines is 2. The average Bonchev–Trinajstić information content (AvgIpc) is 3.37. The van der Waals surface area contributed by atoms with E-state index in [0.29, 0.717) is 19.1 Å². The molecule has 0 unspecified atom stereocenters. The summed E-state index contributed by atoms with van der Waals surface area (Å²) in [6.07, 6.45) is 5.36. The second-order valence-corrected chi connectivity index (χ2v) is 6.64. The van der Waals surface area contributed by atoms with Crippen molar-refractivity contribution >= 4 is 23.0 Å². The lowest BCUT2D eigenvalue weighted by Gasteiger charge is -2.03. The van der Waals surface area contributed by atoms with Gasteiger partial charge in [0, 0.05) is 30.4 Å². The molecule has 0 aliphatic heterocycles. The van der Waals surface area contributed by atoms with Crippen molar-refractivity contribution in [1.82, 2.24) is 24.7 Å². The molecule has 0 saturated carbocycles. The first-order valence-corrected chi connectivity index (χ1v) is 9.32. The van der Waals surface area contributed by atoms with Gasteiger partial charge in [-0.05, 0) is 6.07 Å². The van der Waals surface area contributed by atoms with Crippen molar-refractivity contribution in [3.8, 4) is 22.0 Å². The maximum atomic E-state index is 5.06. The molecule has 0 atom stereocenters. The lowest BCUT2D eigenvalue weighted by Crippen LogP contribution is -2.04. The summed E-state index contributed by atoms with van der Waals surface area (Å²) in [5, 5.41) is 10.4. The van der Waals surface area contributed by atoms with E-state index < -0.39 is 0 Å². The highest BCUT2D eigenvalue weighted by atomic mass is 32.1. The lowest BCUT2D eigenvalue weighted by atomic mass is 10.2. The van der Waals surface area contributed by atoms with Crippen LogP contribution in [0, 0.1) is 0 Å². The largest absolute Gasteiger partial charge is 0.383 e. The summed E-state index contributed by atoms with van der Waals surface area (Å²) in [6.45, 7) is 1.31. The zero-order valence-electron chi connectivity index (χ0n) is 14.7. The number of thiazole rings is 1. The van der Waals surface area contributed by atoms with Gasteiger partial charge in [0.05, 0.1) is 30.7 Å². The topological polar surface area (TPSA) is 77.8 Å². The molecule has 1 aromatic carbocycles. The molecule has 4 rings (SSSR count). The third-order valence-corrected chi connectivity index (χ3v) is 4.73. The zero-order valence-corrected chi connectivity index (χ0v) is 15.6. The van der Waals surface area contributed by atoms with Crippen LogP contribution in [0.5, 0.6) is 0 Å². The second-order valence-electron chi connectivity index (χ2n) is 5.78. The van der Waals surface area contributed by atoms with Crippen LogP contribution >= 0.6 is 11.3 Å². The van der Waals surface area contributed by atoms with Crippen LogP contribution in [0.3, 0.4) is 0 Å². The third kappa shape index (κ3) is 4.18. The Morgan fingerprint density at radius 2 is 2.00 bits per heavy atom. The number of rotatable bonds is 7. The maximum Gasteiger partial charge on any atom is 0.227 e. The Hall–Kier alpha value is -3.10. The van der Waals surface area contributed by atoms with Crippen molar-refractivity contribution in [1.29, 1.82) is 0 Å². The Balaban J connectivity index is 1.51. The van der Waals surface area contributed by atoms with Gasteiger partial charge in [0.2, 0.25) is 5.95 Å². The van der Waals surface area contributed by atoms with Crippen molar-refractivity contribution in [3.63, 3.8) is 0 Å². The second kappa shape index (κ2) is 8.07. The fourth-order valence-electron chi connectivity index (χ4n) is 2.54. The minimum Gasteiger partial charge on any atom is -0.383 e. The van der Waals surface area contributed by atoms with Gasteiger partial charge in [-0.2, -0.15) is 5.10 Å². The summed E-state index contributed by atoms with van der Waals surface area (Å²) in [5.41, 5.74) is 3.65. The fraction of sp³-hybridized carbons (Fsp3) is 0.158. The number of ether oxygens (including phenoxy) is 1. The summed E-state index contributed by atoms with van der Waals surface area (Å²) in [7, 11) is 1.67. The van der Waals surface area contributed by atoms with Crippen LogP contribution < -0.4 is 5.32 Å². The van der Waals surface area contributed by atoms with Gasteiger partial charge in [0.15, 0.2) is 0 Å². The molecule has 8 heteroatoms. The number of methoxy groups -OCH3 is 1. The predicted octanol–water partition coefficient (Wildman–Crippen LogP) is 3.85. The Morgan fingerprint density at radius 3 is 2.85 bits per heavy atom. The molecule has 0 aliphatic carbocycles. The molecule has 136 valence electrons. The normalized spacial score (nSPS) is 10.9. The highest BCUT2D eigenvalue weighted by molar-refractivity contribution is 7.13. The molecule has 7 nitrogen and oxygen atoms in total. The van der Waals surface area contributed by atoms with Gasteiger partial charge in [0.1, 0.15) is 10.7 Å². The zero-order chi connectivity index (χ0) is 18.5. The molecule has 0 radical (unpaired) electrons. The van der Waals surface area contributed by atoms with Crippen LogP contribution in [-0.4, -0.2) is 38.4 Å². The molecule has 0 saturated heterocycles. The molecule has 27 heavy (non-hydrogen) atoms. The predicted molar refractivity (Wildman–Crippen MR) is 106 cm³/mol. The molecule has 0 bridgehead atoms. The summed E-state index contributed by atoms with van der Waals surface area (Å²) >= 11 is 1.57. The van der Waals surface area contributed by atoms with Crippen LogP contribution in [0.4, 0.5) is 11.6 Å². The molecule has 0 amide bonds. The van der Waals surface area contributed by atoms with Crippen molar-refractivity contribution in [2.45, 2.75) is 6.54 Å². The van der Waals surface area contributed by atoms with Gasteiger partial charge in [-0.15, -0.1) is 11.3 Å². The first-order valence-electron chi connectivity index (χ1n) is 8.44. The standard InChI is InChI=1S/C19H18N6OS/c1-26-10-9-25-12-15(11-21-25)22-19-20-8-7-16(24-19)18-23-17(13-27-18)14-5-3-2-4-6-14/h2-8,11-13H,9-10H2,1H3,(H,20,22,24). The molecule has 0 spiro atoms. The van der Waals surface area contributed by atoms with Crippen molar-refractivity contribution in [2.24, 2.45) is 0 Å². The number of aromatic nitrogens is 5. The smallest absolute Gasteiger partial charge is 0.227 e. The van der Waals surface area contributed by atoms with E-state index >= 15 is 0 Å². The van der Waals surface area contributed by atoms with Crippen LogP contribution in [-0.2, 0) is 11.3 Å². The van der Waals surface area contributed by atoms with Gasteiger partial charge in [-0.1, -0.05) is 30.3 Å². The number of hydrogen-bond acceptors (Lipinski definition) is 7. The first-order chi connectivity index (χ1) is 13.3. The molecule has 0 fully saturated rings. The summed E-state index contributed by atoms with van der Waals surface area (Å²) in [6, 6.07) is 12.0. The van der Waals surface area contributed by atoms with Gasteiger partial charge in [0.25, 0.3) is 0 Å². The Kier molecular flexibility index (Phi) is 5.17. The Labute approximate surface area is 160 Å². The molecule has 3 heterocycles. The van der Waals surface area contributed by atoms with E-state index in [9.17, 15) is 0 Å². The monoisotopic (exact) mass is 378 g/mol. The van der Waals surface area contributed by atoms with Crippen molar-refractivity contribution < 1.29 is 4.74 Å². The van der Waals surface area contributed by atoms with E-state index in [-0.39, 0.29) is 0 Å². The number of hydrogen-bond donors (Lipinski definition) is 1. The lowest BCUT2D eigenvalue weighted by molar-refractivity contribution is 0.183.